The predicted octanol–water partition coefficient (Wildman–Crippen LogP) is 4.60. The molecule has 2 aromatic carbocycles. The van der Waals surface area contributed by atoms with E-state index in [1.54, 1.807) is 6.20 Å². The van der Waals surface area contributed by atoms with E-state index in [4.69, 9.17) is 10.8 Å². The van der Waals surface area contributed by atoms with Crippen molar-refractivity contribution in [3.8, 4) is 11.3 Å². The van der Waals surface area contributed by atoms with Crippen LogP contribution < -0.4 is 15.5 Å². The zero-order valence-electron chi connectivity index (χ0n) is 20.8. The molecule has 36 heavy (non-hydrogen) atoms. The number of nitrogen functional groups attached to an aromatic ring is 1. The second-order valence-corrected chi connectivity index (χ2v) is 9.62. The lowest BCUT2D eigenvalue weighted by molar-refractivity contribution is 0.416. The van der Waals surface area contributed by atoms with E-state index in [1.165, 1.54) is 12.1 Å². The topological polar surface area (TPSA) is 65.9 Å². The van der Waals surface area contributed by atoms with Crippen LogP contribution >= 0.6 is 0 Å². The zero-order chi connectivity index (χ0) is 25.4. The molecular formula is C27H31F2N7. The van der Waals surface area contributed by atoms with E-state index < -0.39 is 11.6 Å². The van der Waals surface area contributed by atoms with E-state index in [-0.39, 0.29) is 6.04 Å². The lowest BCUT2D eigenvalue weighted by Crippen LogP contribution is -2.29. The third-order valence-electron chi connectivity index (χ3n) is 6.83. The van der Waals surface area contributed by atoms with E-state index in [0.29, 0.717) is 29.3 Å². The van der Waals surface area contributed by atoms with Gasteiger partial charge in [0.05, 0.1) is 29.3 Å². The highest BCUT2D eigenvalue weighted by Crippen LogP contribution is 2.37. The maximum atomic E-state index is 14.6. The Morgan fingerprint density at radius 2 is 1.86 bits per heavy atom. The number of rotatable bonds is 7. The van der Waals surface area contributed by atoms with Gasteiger partial charge in [-0.25, -0.2) is 18.3 Å². The first kappa shape index (κ1) is 24.0. The zero-order valence-corrected chi connectivity index (χ0v) is 20.8. The molecule has 0 aliphatic carbocycles. The van der Waals surface area contributed by atoms with Crippen LogP contribution in [0.25, 0.3) is 16.9 Å². The second kappa shape index (κ2) is 9.73. The van der Waals surface area contributed by atoms with Gasteiger partial charge in [-0.05, 0) is 69.4 Å². The van der Waals surface area contributed by atoms with E-state index in [0.717, 1.165) is 48.9 Å². The number of hydrogen-bond donors (Lipinski definition) is 1. The highest BCUT2D eigenvalue weighted by atomic mass is 19.1. The minimum absolute atomic E-state index is 0.272. The summed E-state index contributed by atoms with van der Waals surface area (Å²) < 4.78 is 30.3. The molecule has 188 valence electrons. The van der Waals surface area contributed by atoms with Gasteiger partial charge in [-0.2, -0.15) is 0 Å². The van der Waals surface area contributed by atoms with Crippen LogP contribution in [0.3, 0.4) is 0 Å². The molecule has 0 radical (unpaired) electrons. The van der Waals surface area contributed by atoms with E-state index in [9.17, 15) is 8.78 Å². The fourth-order valence-corrected chi connectivity index (χ4v) is 4.85. The molecule has 0 amide bonds. The number of halogens is 2. The van der Waals surface area contributed by atoms with Crippen LogP contribution in [0.5, 0.6) is 0 Å². The van der Waals surface area contributed by atoms with Crippen molar-refractivity contribution in [2.75, 3.05) is 56.3 Å². The maximum Gasteiger partial charge on any atom is 0.154 e. The third kappa shape index (κ3) is 4.58. The molecule has 1 fully saturated rings. The van der Waals surface area contributed by atoms with Gasteiger partial charge in [0, 0.05) is 37.8 Å². The number of hydrogen-bond acceptors (Lipinski definition) is 6. The Morgan fingerprint density at radius 3 is 2.67 bits per heavy atom. The molecule has 1 unspecified atom stereocenters. The van der Waals surface area contributed by atoms with Crippen molar-refractivity contribution in [2.45, 2.75) is 18.9 Å². The van der Waals surface area contributed by atoms with Crippen molar-refractivity contribution in [3.05, 3.63) is 71.9 Å². The number of nitrogens with two attached hydrogens (primary N) is 1. The summed E-state index contributed by atoms with van der Waals surface area (Å²) >= 11 is 0. The molecule has 2 aromatic heterocycles. The Hall–Kier alpha value is -3.72. The van der Waals surface area contributed by atoms with Crippen molar-refractivity contribution < 1.29 is 8.78 Å². The Kier molecular flexibility index (Phi) is 6.49. The largest absolute Gasteiger partial charge is 0.397 e. The molecular weight excluding hydrogens is 460 g/mol. The van der Waals surface area contributed by atoms with Gasteiger partial charge in [0.1, 0.15) is 17.5 Å². The van der Waals surface area contributed by atoms with Gasteiger partial charge in [0.25, 0.3) is 0 Å². The summed E-state index contributed by atoms with van der Waals surface area (Å²) in [5.41, 5.74) is 10.8. The molecule has 2 N–H and O–H groups in total. The Morgan fingerprint density at radius 1 is 1.03 bits per heavy atom. The van der Waals surface area contributed by atoms with Crippen LogP contribution in [-0.2, 0) is 0 Å². The number of nitrogens with zero attached hydrogens (tertiary/aromatic N) is 6. The first-order valence-electron chi connectivity index (χ1n) is 12.1. The van der Waals surface area contributed by atoms with Crippen LogP contribution in [0.4, 0.5) is 26.0 Å². The molecule has 1 aliphatic rings. The van der Waals surface area contributed by atoms with E-state index in [1.807, 2.05) is 54.8 Å². The summed E-state index contributed by atoms with van der Waals surface area (Å²) in [5, 5.41) is 4.89. The highest BCUT2D eigenvalue weighted by molar-refractivity contribution is 5.76. The number of fused-ring (bicyclic) bond motifs is 1. The summed E-state index contributed by atoms with van der Waals surface area (Å²) in [4.78, 5) is 10.9. The van der Waals surface area contributed by atoms with Crippen molar-refractivity contribution >= 4 is 22.8 Å². The van der Waals surface area contributed by atoms with Crippen molar-refractivity contribution in [2.24, 2.45) is 0 Å². The molecule has 0 saturated carbocycles. The van der Waals surface area contributed by atoms with Crippen LogP contribution in [0.15, 0.2) is 54.7 Å². The summed E-state index contributed by atoms with van der Waals surface area (Å²) in [6.45, 7) is 2.46. The molecule has 4 aromatic rings. The first-order chi connectivity index (χ1) is 17.3. The van der Waals surface area contributed by atoms with Gasteiger partial charge in [-0.3, -0.25) is 0 Å². The summed E-state index contributed by atoms with van der Waals surface area (Å²) in [6.07, 6.45) is 3.41. The van der Waals surface area contributed by atoms with Gasteiger partial charge < -0.3 is 20.4 Å². The summed E-state index contributed by atoms with van der Waals surface area (Å²) in [5.74, 6) is -0.134. The van der Waals surface area contributed by atoms with Crippen LogP contribution in [0.1, 0.15) is 24.4 Å². The molecule has 1 atom stereocenters. The number of likely N-dealkylation sites (N-methyl/N-ethyl adjacent to an activating group) is 2. The summed E-state index contributed by atoms with van der Waals surface area (Å²) in [7, 11) is 6.12. The Labute approximate surface area is 209 Å². The monoisotopic (exact) mass is 491 g/mol. The van der Waals surface area contributed by atoms with Gasteiger partial charge in [-0.1, -0.05) is 6.07 Å². The Balaban J connectivity index is 1.50. The molecule has 0 spiro atoms. The SMILES string of the molecule is CN(C)CCN(C)c1cc(-c2cnc3ccc(N4CCCC4c4cc(F)ccc4F)nn23)ccc1N. The summed E-state index contributed by atoms with van der Waals surface area (Å²) in [6, 6.07) is 13.1. The Bertz CT molecular complexity index is 1380. The quantitative estimate of drug-likeness (QED) is 0.382. The van der Waals surface area contributed by atoms with Crippen LogP contribution in [-0.4, -0.2) is 60.3 Å². The fraction of sp³-hybridized carbons (Fsp3) is 0.333. The molecule has 3 heterocycles. The smallest absolute Gasteiger partial charge is 0.154 e. The molecule has 5 rings (SSSR count). The molecule has 9 heteroatoms. The molecule has 7 nitrogen and oxygen atoms in total. The average molecular weight is 492 g/mol. The maximum absolute atomic E-state index is 14.6. The lowest BCUT2D eigenvalue weighted by Gasteiger charge is -2.26. The van der Waals surface area contributed by atoms with Gasteiger partial charge >= 0.3 is 0 Å². The number of imidazole rings is 1. The van der Waals surface area contributed by atoms with Crippen molar-refractivity contribution in [3.63, 3.8) is 0 Å². The fourth-order valence-electron chi connectivity index (χ4n) is 4.85. The minimum atomic E-state index is -0.437. The van der Waals surface area contributed by atoms with Gasteiger partial charge in [0.2, 0.25) is 0 Å². The second-order valence-electron chi connectivity index (χ2n) is 9.62. The first-order valence-corrected chi connectivity index (χ1v) is 12.1. The molecule has 1 saturated heterocycles. The predicted molar refractivity (Wildman–Crippen MR) is 140 cm³/mol. The average Bonchev–Trinajstić information content (AvgIpc) is 3.51. The van der Waals surface area contributed by atoms with E-state index in [2.05, 4.69) is 20.9 Å². The van der Waals surface area contributed by atoms with Crippen molar-refractivity contribution in [1.82, 2.24) is 19.5 Å². The number of anilines is 3. The normalized spacial score (nSPS) is 15.8. The third-order valence-corrected chi connectivity index (χ3v) is 6.83. The minimum Gasteiger partial charge on any atom is -0.397 e. The van der Waals surface area contributed by atoms with Crippen molar-refractivity contribution in [1.29, 1.82) is 0 Å². The van der Waals surface area contributed by atoms with Gasteiger partial charge in [-0.15, -0.1) is 5.10 Å². The number of benzene rings is 2. The van der Waals surface area contributed by atoms with Gasteiger partial charge in [0.15, 0.2) is 5.65 Å². The lowest BCUT2D eigenvalue weighted by atomic mass is 10.0. The standard InChI is InChI=1S/C27H31F2N7/c1-33(2)13-14-34(3)24-15-18(6-9-22(24)30)25-17-31-26-10-11-27(32-36(25)26)35-12-4-5-23(35)20-16-19(28)7-8-21(20)29/h6-11,15-17,23H,4-5,12-14,30H2,1-3H3. The molecule has 1 aliphatic heterocycles. The van der Waals surface area contributed by atoms with Crippen LogP contribution in [0, 0.1) is 11.6 Å². The highest BCUT2D eigenvalue weighted by Gasteiger charge is 2.30. The number of aromatic nitrogens is 3. The molecule has 0 bridgehead atoms. The van der Waals surface area contributed by atoms with E-state index >= 15 is 0 Å². The van der Waals surface area contributed by atoms with Crippen LogP contribution in [0.2, 0.25) is 0 Å².